The first-order valence-corrected chi connectivity index (χ1v) is 9.85. The van der Waals surface area contributed by atoms with Crippen molar-refractivity contribution in [3.05, 3.63) is 48.8 Å². The summed E-state index contributed by atoms with van der Waals surface area (Å²) in [5, 5.41) is 0. The van der Waals surface area contributed by atoms with E-state index in [1.165, 1.54) is 0 Å². The van der Waals surface area contributed by atoms with Crippen LogP contribution in [-0.2, 0) is 10.0 Å². The molecule has 1 N–H and O–H groups in total. The molecular weight excluding hydrogens is 338 g/mol. The van der Waals surface area contributed by atoms with Gasteiger partial charge in [-0.3, -0.25) is 4.98 Å². The predicted molar refractivity (Wildman–Crippen MR) is 97.4 cm³/mol. The number of hydrogen-bond donors (Lipinski definition) is 1. The average molecular weight is 361 g/mol. The van der Waals surface area contributed by atoms with Crippen molar-refractivity contribution in [2.75, 3.05) is 31.6 Å². The monoisotopic (exact) mass is 361 g/mol. The maximum absolute atomic E-state index is 12.5. The van der Waals surface area contributed by atoms with Gasteiger partial charge in [-0.1, -0.05) is 0 Å². The van der Waals surface area contributed by atoms with E-state index in [-0.39, 0.29) is 10.8 Å². The Morgan fingerprint density at radius 1 is 1.20 bits per heavy atom. The number of sulfonamides is 1. The highest BCUT2D eigenvalue weighted by Gasteiger charge is 2.22. The van der Waals surface area contributed by atoms with Crippen molar-refractivity contribution in [3.8, 4) is 5.75 Å². The number of piperidine rings is 1. The molecule has 0 aliphatic carbocycles. The fourth-order valence-corrected chi connectivity index (χ4v) is 4.20. The molecule has 0 radical (unpaired) electrons. The Bertz CT molecular complexity index is 779. The van der Waals surface area contributed by atoms with Gasteiger partial charge >= 0.3 is 0 Å². The molecule has 2 aromatic rings. The number of benzene rings is 1. The van der Waals surface area contributed by atoms with Crippen LogP contribution in [0.5, 0.6) is 5.75 Å². The molecule has 0 saturated carbocycles. The number of nitrogens with zero attached hydrogens (tertiary/aromatic N) is 2. The van der Waals surface area contributed by atoms with Crippen LogP contribution in [0.1, 0.15) is 12.8 Å². The highest BCUT2D eigenvalue weighted by molar-refractivity contribution is 7.89. The zero-order valence-electron chi connectivity index (χ0n) is 14.3. The quantitative estimate of drug-likeness (QED) is 0.855. The van der Waals surface area contributed by atoms with Gasteiger partial charge in [-0.15, -0.1) is 0 Å². The van der Waals surface area contributed by atoms with E-state index in [1.807, 2.05) is 12.1 Å². The second-order valence-electron chi connectivity index (χ2n) is 6.19. The summed E-state index contributed by atoms with van der Waals surface area (Å²) in [5.41, 5.74) is 1.14. The molecule has 1 aliphatic heterocycles. The molecule has 7 heteroatoms. The summed E-state index contributed by atoms with van der Waals surface area (Å²) in [6, 6.07) is 10.4. The van der Waals surface area contributed by atoms with Gasteiger partial charge in [-0.05, 0) is 55.2 Å². The van der Waals surface area contributed by atoms with E-state index in [4.69, 9.17) is 4.74 Å². The summed E-state index contributed by atoms with van der Waals surface area (Å²) in [6.07, 6.45) is 5.64. The van der Waals surface area contributed by atoms with Gasteiger partial charge in [0.05, 0.1) is 12.0 Å². The largest absolute Gasteiger partial charge is 0.497 e. The molecule has 0 amide bonds. The van der Waals surface area contributed by atoms with E-state index in [2.05, 4.69) is 14.6 Å². The molecule has 1 aliphatic rings. The molecule has 1 aromatic carbocycles. The van der Waals surface area contributed by atoms with Crippen molar-refractivity contribution in [3.63, 3.8) is 0 Å². The molecule has 1 fully saturated rings. The maximum atomic E-state index is 12.5. The van der Waals surface area contributed by atoms with Crippen LogP contribution in [0.2, 0.25) is 0 Å². The maximum Gasteiger partial charge on any atom is 0.240 e. The van der Waals surface area contributed by atoms with Gasteiger partial charge in [0.2, 0.25) is 10.0 Å². The van der Waals surface area contributed by atoms with E-state index < -0.39 is 10.0 Å². The van der Waals surface area contributed by atoms with E-state index in [0.29, 0.717) is 12.3 Å². The van der Waals surface area contributed by atoms with Crippen LogP contribution < -0.4 is 14.4 Å². The highest BCUT2D eigenvalue weighted by Crippen LogP contribution is 2.23. The molecule has 1 saturated heterocycles. The molecule has 0 bridgehead atoms. The van der Waals surface area contributed by atoms with Gasteiger partial charge in [0.15, 0.2) is 0 Å². The molecule has 0 spiro atoms. The third kappa shape index (κ3) is 4.49. The molecule has 1 atom stereocenters. The predicted octanol–water partition coefficient (Wildman–Crippen LogP) is 2.29. The van der Waals surface area contributed by atoms with Gasteiger partial charge in [0.1, 0.15) is 5.75 Å². The van der Waals surface area contributed by atoms with Crippen molar-refractivity contribution in [2.45, 2.75) is 17.7 Å². The fraction of sp³-hybridized carbons (Fsp3) is 0.389. The van der Waals surface area contributed by atoms with Crippen molar-refractivity contribution in [1.82, 2.24) is 9.71 Å². The molecule has 25 heavy (non-hydrogen) atoms. The summed E-state index contributed by atoms with van der Waals surface area (Å²) in [4.78, 5) is 6.60. The Morgan fingerprint density at radius 3 is 2.60 bits per heavy atom. The van der Waals surface area contributed by atoms with Gasteiger partial charge in [0.25, 0.3) is 0 Å². The van der Waals surface area contributed by atoms with Crippen molar-refractivity contribution >= 4 is 15.7 Å². The third-order valence-electron chi connectivity index (χ3n) is 4.48. The molecule has 2 heterocycles. The number of hydrogen-bond acceptors (Lipinski definition) is 5. The summed E-state index contributed by atoms with van der Waals surface area (Å²) in [5.74, 6) is 0.925. The lowest BCUT2D eigenvalue weighted by molar-refractivity contribution is 0.410. The minimum Gasteiger partial charge on any atom is -0.497 e. The lowest BCUT2D eigenvalue weighted by atomic mass is 9.98. The molecule has 0 unspecified atom stereocenters. The normalized spacial score (nSPS) is 18.1. The van der Waals surface area contributed by atoms with Crippen LogP contribution >= 0.6 is 0 Å². The Balaban J connectivity index is 1.60. The van der Waals surface area contributed by atoms with Crippen LogP contribution in [0.4, 0.5) is 5.69 Å². The molecule has 1 aromatic heterocycles. The van der Waals surface area contributed by atoms with Crippen LogP contribution in [-0.4, -0.2) is 40.1 Å². The fourth-order valence-electron chi connectivity index (χ4n) is 3.09. The second-order valence-corrected chi connectivity index (χ2v) is 7.95. The first kappa shape index (κ1) is 17.7. The van der Waals surface area contributed by atoms with Crippen molar-refractivity contribution < 1.29 is 13.2 Å². The summed E-state index contributed by atoms with van der Waals surface area (Å²) >= 11 is 0. The minimum absolute atomic E-state index is 0.259. The number of aromatic nitrogens is 1. The zero-order valence-corrected chi connectivity index (χ0v) is 15.1. The van der Waals surface area contributed by atoms with E-state index in [0.717, 1.165) is 31.6 Å². The molecule has 134 valence electrons. The van der Waals surface area contributed by atoms with Crippen molar-refractivity contribution in [1.29, 1.82) is 0 Å². The van der Waals surface area contributed by atoms with E-state index in [1.54, 1.807) is 43.8 Å². The van der Waals surface area contributed by atoms with Crippen molar-refractivity contribution in [2.24, 2.45) is 5.92 Å². The Morgan fingerprint density at radius 2 is 1.92 bits per heavy atom. The molecular formula is C18H23N3O3S. The minimum atomic E-state index is -3.50. The smallest absolute Gasteiger partial charge is 0.240 e. The number of rotatable bonds is 6. The van der Waals surface area contributed by atoms with E-state index in [9.17, 15) is 8.42 Å². The first-order valence-electron chi connectivity index (χ1n) is 8.37. The Labute approximate surface area is 148 Å². The molecule has 3 rings (SSSR count). The van der Waals surface area contributed by atoms with Gasteiger partial charge in [-0.25, -0.2) is 13.1 Å². The van der Waals surface area contributed by atoms with Crippen LogP contribution in [0.3, 0.4) is 0 Å². The summed E-state index contributed by atoms with van der Waals surface area (Å²) in [7, 11) is -1.95. The lowest BCUT2D eigenvalue weighted by Gasteiger charge is -2.34. The first-order chi connectivity index (χ1) is 12.1. The average Bonchev–Trinajstić information content (AvgIpc) is 2.67. The Kier molecular flexibility index (Phi) is 5.55. The number of ether oxygens (including phenoxy) is 1. The number of pyridine rings is 1. The zero-order chi connectivity index (χ0) is 17.7. The Hall–Kier alpha value is -2.12. The van der Waals surface area contributed by atoms with Crippen LogP contribution in [0.25, 0.3) is 0 Å². The van der Waals surface area contributed by atoms with Gasteiger partial charge in [0, 0.05) is 37.7 Å². The standard InChI is InChI=1S/C18H23N3O3S/c1-24-17-4-6-18(7-5-17)25(22,23)20-13-15-3-2-12-21(14-15)16-8-10-19-11-9-16/h4-11,15,20H,2-3,12-14H2,1H3/t15-/m1/s1. The number of methoxy groups -OCH3 is 1. The second kappa shape index (κ2) is 7.84. The summed E-state index contributed by atoms with van der Waals surface area (Å²) in [6.45, 7) is 2.27. The highest BCUT2D eigenvalue weighted by atomic mass is 32.2. The van der Waals surface area contributed by atoms with Crippen LogP contribution in [0.15, 0.2) is 53.7 Å². The molecule has 6 nitrogen and oxygen atoms in total. The summed E-state index contributed by atoms with van der Waals surface area (Å²) < 4.78 is 32.7. The topological polar surface area (TPSA) is 71.5 Å². The number of anilines is 1. The SMILES string of the molecule is COc1ccc(S(=O)(=O)NC[C@H]2CCCN(c3ccncc3)C2)cc1. The van der Waals surface area contributed by atoms with E-state index >= 15 is 0 Å². The van der Waals surface area contributed by atoms with Gasteiger partial charge < -0.3 is 9.64 Å². The number of nitrogens with one attached hydrogen (secondary N) is 1. The van der Waals surface area contributed by atoms with Crippen LogP contribution in [0, 0.1) is 5.92 Å². The third-order valence-corrected chi connectivity index (χ3v) is 5.92. The lowest BCUT2D eigenvalue weighted by Crippen LogP contribution is -2.41. The van der Waals surface area contributed by atoms with Gasteiger partial charge in [-0.2, -0.15) is 0 Å².